The molecule has 25 heavy (non-hydrogen) atoms. The molecule has 1 aliphatic rings. The van der Waals surface area contributed by atoms with Crippen molar-refractivity contribution in [1.29, 1.82) is 0 Å². The van der Waals surface area contributed by atoms with Crippen LogP contribution in [0, 0.1) is 6.92 Å². The first kappa shape index (κ1) is 15.5. The van der Waals surface area contributed by atoms with E-state index in [1.807, 2.05) is 36.4 Å². The molecule has 0 saturated heterocycles. The van der Waals surface area contributed by atoms with E-state index in [1.165, 1.54) is 11.1 Å². The number of allylic oxidation sites excluding steroid dienone is 2. The highest BCUT2D eigenvalue weighted by Gasteiger charge is 2.19. The molecule has 0 aromatic heterocycles. The van der Waals surface area contributed by atoms with Crippen molar-refractivity contribution in [3.63, 3.8) is 0 Å². The smallest absolute Gasteiger partial charge is 0.131 e. The van der Waals surface area contributed by atoms with Crippen LogP contribution >= 0.6 is 0 Å². The Morgan fingerprint density at radius 3 is 1.56 bits per heavy atom. The number of benzene rings is 3. The Balaban J connectivity index is 1.78. The lowest BCUT2D eigenvalue weighted by atomic mass is 9.93. The quantitative estimate of drug-likeness (QED) is 0.558. The van der Waals surface area contributed by atoms with Crippen LogP contribution in [0.25, 0.3) is 11.5 Å². The first-order chi connectivity index (χ1) is 12.3. The van der Waals surface area contributed by atoms with Gasteiger partial charge in [0.25, 0.3) is 0 Å². The van der Waals surface area contributed by atoms with Gasteiger partial charge in [-0.1, -0.05) is 90.5 Å². The molecule has 3 aromatic rings. The van der Waals surface area contributed by atoms with Gasteiger partial charge in [0.05, 0.1) is 0 Å². The van der Waals surface area contributed by atoms with Gasteiger partial charge in [-0.15, -0.1) is 0 Å². The zero-order valence-electron chi connectivity index (χ0n) is 14.2. The molecule has 1 heteroatoms. The second-order valence-electron chi connectivity index (χ2n) is 6.33. The molecular formula is C24H20O. The van der Waals surface area contributed by atoms with Crippen molar-refractivity contribution in [2.75, 3.05) is 0 Å². The largest absolute Gasteiger partial charge is 0.457 e. The van der Waals surface area contributed by atoms with E-state index in [0.717, 1.165) is 22.6 Å². The van der Waals surface area contributed by atoms with E-state index in [2.05, 4.69) is 67.6 Å². The van der Waals surface area contributed by atoms with Crippen LogP contribution in [0.2, 0.25) is 0 Å². The predicted octanol–water partition coefficient (Wildman–Crippen LogP) is 6.19. The van der Waals surface area contributed by atoms with Gasteiger partial charge < -0.3 is 4.74 Å². The van der Waals surface area contributed by atoms with Crippen LogP contribution in [0.1, 0.15) is 28.2 Å². The van der Waals surface area contributed by atoms with Gasteiger partial charge in [0.1, 0.15) is 11.5 Å². The van der Waals surface area contributed by atoms with Gasteiger partial charge in [0.2, 0.25) is 0 Å². The predicted molar refractivity (Wildman–Crippen MR) is 104 cm³/mol. The van der Waals surface area contributed by atoms with E-state index < -0.39 is 0 Å². The monoisotopic (exact) mass is 324 g/mol. The Morgan fingerprint density at radius 2 is 1.08 bits per heavy atom. The van der Waals surface area contributed by atoms with Gasteiger partial charge in [0, 0.05) is 17.0 Å². The first-order valence-corrected chi connectivity index (χ1v) is 8.58. The summed E-state index contributed by atoms with van der Waals surface area (Å²) in [5.74, 6) is 2.01. The molecule has 0 bridgehead atoms. The third kappa shape index (κ3) is 3.41. The van der Waals surface area contributed by atoms with Gasteiger partial charge in [-0.25, -0.2) is 0 Å². The Labute approximate surface area is 148 Å². The lowest BCUT2D eigenvalue weighted by Gasteiger charge is -2.23. The maximum atomic E-state index is 6.26. The molecule has 1 heterocycles. The molecule has 1 nitrogen and oxygen atoms in total. The molecule has 0 radical (unpaired) electrons. The van der Waals surface area contributed by atoms with Gasteiger partial charge in [-0.2, -0.15) is 0 Å². The second-order valence-corrected chi connectivity index (χ2v) is 6.33. The SMILES string of the molecule is Cc1ccc(C2C=C(c3ccccc3)OC(c3ccccc3)=C2)cc1. The zero-order chi connectivity index (χ0) is 17.1. The summed E-state index contributed by atoms with van der Waals surface area (Å²) in [6, 6.07) is 29.3. The standard InChI is InChI=1S/C24H20O/c1-18-12-14-19(15-13-18)22-16-23(20-8-4-2-5-9-20)25-24(17-22)21-10-6-3-7-11-21/h2-17,22H,1H3. The van der Waals surface area contributed by atoms with E-state index >= 15 is 0 Å². The number of aryl methyl sites for hydroxylation is 1. The molecular weight excluding hydrogens is 304 g/mol. The van der Waals surface area contributed by atoms with E-state index in [1.54, 1.807) is 0 Å². The topological polar surface area (TPSA) is 9.23 Å². The van der Waals surface area contributed by atoms with Crippen LogP contribution in [0.3, 0.4) is 0 Å². The van der Waals surface area contributed by atoms with E-state index in [-0.39, 0.29) is 5.92 Å². The summed E-state index contributed by atoms with van der Waals surface area (Å²) in [6.45, 7) is 2.12. The fourth-order valence-corrected chi connectivity index (χ4v) is 3.06. The molecule has 0 spiro atoms. The highest BCUT2D eigenvalue weighted by Crippen LogP contribution is 2.36. The van der Waals surface area contributed by atoms with Crippen LogP contribution in [0.5, 0.6) is 0 Å². The normalized spacial score (nSPS) is 14.4. The molecule has 4 rings (SSSR count). The highest BCUT2D eigenvalue weighted by atomic mass is 16.5. The molecule has 0 aliphatic carbocycles. The van der Waals surface area contributed by atoms with Crippen molar-refractivity contribution in [3.8, 4) is 0 Å². The molecule has 0 unspecified atom stereocenters. The van der Waals surface area contributed by atoms with Crippen LogP contribution in [-0.2, 0) is 4.74 Å². The summed E-state index contributed by atoms with van der Waals surface area (Å²) in [4.78, 5) is 0. The molecule has 122 valence electrons. The molecule has 1 aliphatic heterocycles. The molecule has 0 N–H and O–H groups in total. The summed E-state index contributed by atoms with van der Waals surface area (Å²) < 4.78 is 6.26. The van der Waals surface area contributed by atoms with Crippen molar-refractivity contribution in [3.05, 3.63) is 119 Å². The summed E-state index contributed by atoms with van der Waals surface area (Å²) in [6.07, 6.45) is 4.40. The highest BCUT2D eigenvalue weighted by molar-refractivity contribution is 5.74. The summed E-state index contributed by atoms with van der Waals surface area (Å²) >= 11 is 0. The van der Waals surface area contributed by atoms with Gasteiger partial charge in [0.15, 0.2) is 0 Å². The number of hydrogen-bond acceptors (Lipinski definition) is 1. The number of ether oxygens (including phenoxy) is 1. The van der Waals surface area contributed by atoms with Crippen LogP contribution in [-0.4, -0.2) is 0 Å². The Hall–Kier alpha value is -3.06. The number of hydrogen-bond donors (Lipinski definition) is 0. The minimum Gasteiger partial charge on any atom is -0.457 e. The fourth-order valence-electron chi connectivity index (χ4n) is 3.06. The Kier molecular flexibility index (Phi) is 4.22. The van der Waals surface area contributed by atoms with Gasteiger partial charge in [-0.05, 0) is 24.6 Å². The van der Waals surface area contributed by atoms with E-state index in [0.29, 0.717) is 0 Å². The average Bonchev–Trinajstić information content (AvgIpc) is 2.69. The summed E-state index contributed by atoms with van der Waals surface area (Å²) in [5, 5.41) is 0. The van der Waals surface area contributed by atoms with Crippen molar-refractivity contribution >= 4 is 11.5 Å². The molecule has 0 atom stereocenters. The number of rotatable bonds is 3. The van der Waals surface area contributed by atoms with E-state index in [9.17, 15) is 0 Å². The van der Waals surface area contributed by atoms with Crippen LogP contribution in [0.15, 0.2) is 97.1 Å². The lowest BCUT2D eigenvalue weighted by Crippen LogP contribution is -2.04. The average molecular weight is 324 g/mol. The van der Waals surface area contributed by atoms with E-state index in [4.69, 9.17) is 4.74 Å². The minimum atomic E-state index is 0.194. The molecule has 3 aromatic carbocycles. The summed E-state index contributed by atoms with van der Waals surface area (Å²) in [7, 11) is 0. The van der Waals surface area contributed by atoms with Crippen molar-refractivity contribution in [2.45, 2.75) is 12.8 Å². The van der Waals surface area contributed by atoms with Crippen molar-refractivity contribution in [2.24, 2.45) is 0 Å². The van der Waals surface area contributed by atoms with Gasteiger partial charge in [-0.3, -0.25) is 0 Å². The molecule has 0 fully saturated rings. The third-order valence-corrected chi connectivity index (χ3v) is 4.46. The van der Waals surface area contributed by atoms with Crippen molar-refractivity contribution in [1.82, 2.24) is 0 Å². The zero-order valence-corrected chi connectivity index (χ0v) is 14.2. The van der Waals surface area contributed by atoms with Gasteiger partial charge >= 0.3 is 0 Å². The fraction of sp³-hybridized carbons (Fsp3) is 0.0833. The second kappa shape index (κ2) is 6.82. The lowest BCUT2D eigenvalue weighted by molar-refractivity contribution is 0.459. The Bertz CT molecular complexity index is 848. The maximum Gasteiger partial charge on any atom is 0.131 e. The maximum absolute atomic E-state index is 6.26. The van der Waals surface area contributed by atoms with Crippen LogP contribution < -0.4 is 0 Å². The molecule has 0 saturated carbocycles. The summed E-state index contributed by atoms with van der Waals surface area (Å²) in [5.41, 5.74) is 4.74. The third-order valence-electron chi connectivity index (χ3n) is 4.46. The van der Waals surface area contributed by atoms with Crippen molar-refractivity contribution < 1.29 is 4.74 Å². The van der Waals surface area contributed by atoms with Crippen LogP contribution in [0.4, 0.5) is 0 Å². The Morgan fingerprint density at radius 1 is 0.600 bits per heavy atom. The molecule has 0 amide bonds. The minimum absolute atomic E-state index is 0.194. The first-order valence-electron chi connectivity index (χ1n) is 8.58.